The fraction of sp³-hybridized carbons (Fsp3) is 0.500. The third-order valence-corrected chi connectivity index (χ3v) is 4.21. The Morgan fingerprint density at radius 1 is 1.67 bits per heavy atom. The predicted molar refractivity (Wildman–Crippen MR) is 66.7 cm³/mol. The number of hydrogen-bond donors (Lipinski definition) is 2. The van der Waals surface area contributed by atoms with Crippen LogP contribution in [0.1, 0.15) is 35.1 Å². The van der Waals surface area contributed by atoms with Gasteiger partial charge in [0.2, 0.25) is 5.91 Å². The molecule has 0 bridgehead atoms. The summed E-state index contributed by atoms with van der Waals surface area (Å²) in [6, 6.07) is 2.06. The Morgan fingerprint density at radius 3 is 2.80 bits per heavy atom. The smallest absolute Gasteiger partial charge is 0.217 e. The van der Waals surface area contributed by atoms with Gasteiger partial charge < -0.3 is 11.5 Å². The maximum absolute atomic E-state index is 10.6. The quantitative estimate of drug-likeness (QED) is 0.875. The summed E-state index contributed by atoms with van der Waals surface area (Å²) in [4.78, 5) is 13.0. The van der Waals surface area contributed by atoms with Gasteiger partial charge in [0.1, 0.15) is 0 Å². The largest absolute Gasteiger partial charge is 0.370 e. The fourth-order valence-electron chi connectivity index (χ4n) is 1.38. The summed E-state index contributed by atoms with van der Waals surface area (Å²) < 4.78 is 1.07. The molecule has 0 saturated carbocycles. The molecular weight excluding hydrogens is 276 g/mol. The zero-order valence-corrected chi connectivity index (χ0v) is 11.0. The van der Waals surface area contributed by atoms with Crippen LogP contribution in [0.15, 0.2) is 10.5 Å². The van der Waals surface area contributed by atoms with Gasteiger partial charge in [0.15, 0.2) is 0 Å². The minimum atomic E-state index is -0.261. The third-order valence-electron chi connectivity index (χ3n) is 2.11. The van der Waals surface area contributed by atoms with Crippen molar-refractivity contribution in [2.75, 3.05) is 0 Å². The number of amides is 1. The van der Waals surface area contributed by atoms with Crippen molar-refractivity contribution in [3.63, 3.8) is 0 Å². The molecule has 3 nitrogen and oxygen atoms in total. The highest BCUT2D eigenvalue weighted by Crippen LogP contribution is 2.33. The number of carbonyl (C=O) groups excluding carboxylic acids is 1. The number of rotatable bonds is 5. The van der Waals surface area contributed by atoms with Crippen LogP contribution in [-0.2, 0) is 4.79 Å². The van der Waals surface area contributed by atoms with Crippen molar-refractivity contribution in [1.82, 2.24) is 0 Å². The van der Waals surface area contributed by atoms with Gasteiger partial charge in [0, 0.05) is 26.7 Å². The first-order valence-electron chi connectivity index (χ1n) is 4.80. The number of carbonyl (C=O) groups is 1. The SMILES string of the molecule is Cc1cc(Br)c(C(N)CCCC(N)=O)s1. The van der Waals surface area contributed by atoms with Crippen LogP contribution in [0.25, 0.3) is 0 Å². The Kier molecular flexibility index (Phi) is 4.76. The van der Waals surface area contributed by atoms with Gasteiger partial charge in [-0.15, -0.1) is 11.3 Å². The molecule has 0 radical (unpaired) electrons. The van der Waals surface area contributed by atoms with Gasteiger partial charge in [-0.25, -0.2) is 0 Å². The van der Waals surface area contributed by atoms with Crippen molar-refractivity contribution in [2.45, 2.75) is 32.2 Å². The van der Waals surface area contributed by atoms with Gasteiger partial charge in [-0.05, 0) is 41.8 Å². The molecule has 4 N–H and O–H groups in total. The molecule has 1 heterocycles. The lowest BCUT2D eigenvalue weighted by Gasteiger charge is -2.09. The highest BCUT2D eigenvalue weighted by atomic mass is 79.9. The fourth-order valence-corrected chi connectivity index (χ4v) is 3.36. The summed E-state index contributed by atoms with van der Waals surface area (Å²) in [6.07, 6.45) is 1.96. The van der Waals surface area contributed by atoms with E-state index in [0.29, 0.717) is 6.42 Å². The normalized spacial score (nSPS) is 12.7. The molecular formula is C10H15BrN2OS. The molecule has 5 heteroatoms. The van der Waals surface area contributed by atoms with Gasteiger partial charge in [0.25, 0.3) is 0 Å². The van der Waals surface area contributed by atoms with Crippen LogP contribution >= 0.6 is 27.3 Å². The third kappa shape index (κ3) is 3.93. The topological polar surface area (TPSA) is 69.1 Å². The molecule has 0 aliphatic carbocycles. The molecule has 0 spiro atoms. The molecule has 1 atom stereocenters. The Morgan fingerprint density at radius 2 is 2.33 bits per heavy atom. The Bertz CT molecular complexity index is 351. The molecule has 1 aromatic heterocycles. The summed E-state index contributed by atoms with van der Waals surface area (Å²) in [6.45, 7) is 2.05. The molecule has 1 amide bonds. The van der Waals surface area contributed by atoms with Crippen LogP contribution < -0.4 is 11.5 Å². The van der Waals surface area contributed by atoms with E-state index in [2.05, 4.69) is 28.9 Å². The maximum Gasteiger partial charge on any atom is 0.217 e. The van der Waals surface area contributed by atoms with Gasteiger partial charge in [-0.3, -0.25) is 4.79 Å². The summed E-state index contributed by atoms with van der Waals surface area (Å²) >= 11 is 5.17. The van der Waals surface area contributed by atoms with E-state index in [1.165, 1.54) is 4.88 Å². The second kappa shape index (κ2) is 5.63. The van der Waals surface area contributed by atoms with E-state index in [0.717, 1.165) is 22.2 Å². The molecule has 15 heavy (non-hydrogen) atoms. The van der Waals surface area contributed by atoms with E-state index >= 15 is 0 Å². The molecule has 1 unspecified atom stereocenters. The summed E-state index contributed by atoms with van der Waals surface area (Å²) in [7, 11) is 0. The number of aryl methyl sites for hydroxylation is 1. The average molecular weight is 291 g/mol. The van der Waals surface area contributed by atoms with Crippen molar-refractivity contribution in [3.05, 3.63) is 20.3 Å². The van der Waals surface area contributed by atoms with Crippen LogP contribution in [0.2, 0.25) is 0 Å². The highest BCUT2D eigenvalue weighted by Gasteiger charge is 2.12. The lowest BCUT2D eigenvalue weighted by molar-refractivity contribution is -0.118. The molecule has 0 saturated heterocycles. The Labute approximate surface area is 102 Å². The first-order valence-corrected chi connectivity index (χ1v) is 6.41. The van der Waals surface area contributed by atoms with Crippen LogP contribution in [-0.4, -0.2) is 5.91 Å². The van der Waals surface area contributed by atoms with Gasteiger partial charge in [-0.2, -0.15) is 0 Å². The van der Waals surface area contributed by atoms with E-state index in [4.69, 9.17) is 11.5 Å². The Balaban J connectivity index is 2.50. The highest BCUT2D eigenvalue weighted by molar-refractivity contribution is 9.10. The zero-order chi connectivity index (χ0) is 11.4. The number of primary amides is 1. The number of halogens is 1. The standard InChI is InChI=1S/C10H15BrN2OS/c1-6-5-7(11)10(15-6)8(12)3-2-4-9(13)14/h5,8H,2-4,12H2,1H3,(H2,13,14). The minimum Gasteiger partial charge on any atom is -0.370 e. The van der Waals surface area contributed by atoms with E-state index in [9.17, 15) is 4.79 Å². The molecule has 0 aliphatic heterocycles. The van der Waals surface area contributed by atoms with Crippen molar-refractivity contribution in [2.24, 2.45) is 11.5 Å². The van der Waals surface area contributed by atoms with Gasteiger partial charge in [0.05, 0.1) is 0 Å². The Hall–Kier alpha value is -0.390. The van der Waals surface area contributed by atoms with E-state index in [-0.39, 0.29) is 11.9 Å². The first-order chi connectivity index (χ1) is 7.00. The monoisotopic (exact) mass is 290 g/mol. The minimum absolute atomic E-state index is 0.00238. The van der Waals surface area contributed by atoms with E-state index in [1.54, 1.807) is 11.3 Å². The average Bonchev–Trinajstić information content (AvgIpc) is 2.44. The maximum atomic E-state index is 10.6. The van der Waals surface area contributed by atoms with Crippen LogP contribution in [0.4, 0.5) is 0 Å². The van der Waals surface area contributed by atoms with Gasteiger partial charge >= 0.3 is 0 Å². The van der Waals surface area contributed by atoms with Gasteiger partial charge in [-0.1, -0.05) is 0 Å². The number of thiophene rings is 1. The molecule has 84 valence electrons. The second-order valence-electron chi connectivity index (χ2n) is 3.53. The van der Waals surface area contributed by atoms with Crippen molar-refractivity contribution >= 4 is 33.2 Å². The second-order valence-corrected chi connectivity index (χ2v) is 5.68. The number of hydrogen-bond acceptors (Lipinski definition) is 3. The predicted octanol–water partition coefficient (Wildman–Crippen LogP) is 2.47. The van der Waals surface area contributed by atoms with Crippen LogP contribution in [0.5, 0.6) is 0 Å². The lowest BCUT2D eigenvalue weighted by atomic mass is 10.1. The van der Waals surface area contributed by atoms with Crippen LogP contribution in [0.3, 0.4) is 0 Å². The van der Waals surface area contributed by atoms with Crippen LogP contribution in [0, 0.1) is 6.92 Å². The molecule has 0 fully saturated rings. The molecule has 0 aliphatic rings. The lowest BCUT2D eigenvalue weighted by Crippen LogP contribution is -2.13. The molecule has 1 aromatic rings. The molecule has 0 aromatic carbocycles. The number of nitrogens with two attached hydrogens (primary N) is 2. The summed E-state index contributed by atoms with van der Waals surface area (Å²) in [5.41, 5.74) is 11.1. The molecule has 1 rings (SSSR count). The zero-order valence-electron chi connectivity index (χ0n) is 8.63. The summed E-state index contributed by atoms with van der Waals surface area (Å²) in [5, 5.41) is 0. The first kappa shape index (κ1) is 12.7. The van der Waals surface area contributed by atoms with Crippen molar-refractivity contribution in [1.29, 1.82) is 0 Å². The van der Waals surface area contributed by atoms with E-state index < -0.39 is 0 Å². The van der Waals surface area contributed by atoms with E-state index in [1.807, 2.05) is 0 Å². The summed E-state index contributed by atoms with van der Waals surface area (Å²) in [5.74, 6) is -0.261. The van der Waals surface area contributed by atoms with Crippen molar-refractivity contribution < 1.29 is 4.79 Å². The van der Waals surface area contributed by atoms with Crippen molar-refractivity contribution in [3.8, 4) is 0 Å².